The topological polar surface area (TPSA) is 116 Å². The quantitative estimate of drug-likeness (QED) is 0.334. The number of carbonyl (C=O) groups is 2. The van der Waals surface area contributed by atoms with Crippen LogP contribution in [0.15, 0.2) is 40.9 Å². The first-order chi connectivity index (χ1) is 18.8. The summed E-state index contributed by atoms with van der Waals surface area (Å²) in [6.07, 6.45) is 0. The first-order valence-corrected chi connectivity index (χ1v) is 12.8. The van der Waals surface area contributed by atoms with Crippen molar-refractivity contribution in [3.05, 3.63) is 59.2 Å². The van der Waals surface area contributed by atoms with E-state index < -0.39 is 5.82 Å². The first kappa shape index (κ1) is 28.0. The van der Waals surface area contributed by atoms with Gasteiger partial charge in [-0.3, -0.25) is 14.6 Å². The van der Waals surface area contributed by atoms with Crippen LogP contribution in [0, 0.1) is 12.7 Å². The minimum absolute atomic E-state index is 0.0940. The summed E-state index contributed by atoms with van der Waals surface area (Å²) in [5.74, 6) is -0.859. The fourth-order valence-electron chi connectivity index (χ4n) is 4.43. The summed E-state index contributed by atoms with van der Waals surface area (Å²) in [5.41, 5.74) is 2.86. The van der Waals surface area contributed by atoms with Crippen molar-refractivity contribution < 1.29 is 23.2 Å². The maximum absolute atomic E-state index is 15.2. The molecule has 39 heavy (non-hydrogen) atoms. The van der Waals surface area contributed by atoms with E-state index in [1.54, 1.807) is 25.0 Å². The van der Waals surface area contributed by atoms with Crippen LogP contribution < -0.4 is 20.3 Å². The van der Waals surface area contributed by atoms with Gasteiger partial charge in [-0.2, -0.15) is 4.98 Å². The summed E-state index contributed by atoms with van der Waals surface area (Å²) in [6.45, 7) is 6.18. The van der Waals surface area contributed by atoms with Gasteiger partial charge in [0.2, 0.25) is 17.6 Å². The van der Waals surface area contributed by atoms with Crippen LogP contribution in [0.1, 0.15) is 23.9 Å². The lowest BCUT2D eigenvalue weighted by molar-refractivity contribution is -0.145. The third kappa shape index (κ3) is 6.70. The van der Waals surface area contributed by atoms with Gasteiger partial charge in [-0.25, -0.2) is 9.40 Å². The van der Waals surface area contributed by atoms with Crippen LogP contribution in [-0.2, 0) is 22.7 Å². The van der Waals surface area contributed by atoms with Crippen molar-refractivity contribution in [1.29, 1.82) is 0 Å². The van der Waals surface area contributed by atoms with Crippen molar-refractivity contribution in [1.82, 2.24) is 30.8 Å². The summed E-state index contributed by atoms with van der Waals surface area (Å²) < 4.78 is 25.7. The van der Waals surface area contributed by atoms with E-state index in [-0.39, 0.29) is 42.2 Å². The van der Waals surface area contributed by atoms with E-state index in [4.69, 9.17) is 9.26 Å². The number of anilines is 1. The van der Waals surface area contributed by atoms with Crippen LogP contribution >= 0.6 is 0 Å². The zero-order valence-electron chi connectivity index (χ0n) is 22.7. The monoisotopic (exact) mass is 539 g/mol. The van der Waals surface area contributed by atoms with Crippen LogP contribution in [0.5, 0.6) is 5.75 Å². The number of methoxy groups -OCH3 is 1. The molecule has 0 saturated heterocycles. The van der Waals surface area contributed by atoms with Gasteiger partial charge in [-0.1, -0.05) is 36.3 Å². The summed E-state index contributed by atoms with van der Waals surface area (Å²) in [6, 6.07) is 10.8. The number of aryl methyl sites for hydroxylation is 1. The molecule has 0 aliphatic carbocycles. The van der Waals surface area contributed by atoms with Gasteiger partial charge < -0.3 is 24.8 Å². The Morgan fingerprint density at radius 1 is 1.15 bits per heavy atom. The smallest absolute Gasteiger partial charge is 0.256 e. The summed E-state index contributed by atoms with van der Waals surface area (Å²) in [5, 5.41) is 13.3. The van der Waals surface area contributed by atoms with Crippen molar-refractivity contribution >= 4 is 17.5 Å². The second-order valence-electron chi connectivity index (χ2n) is 9.22. The molecule has 0 radical (unpaired) electrons. The molecule has 3 aromatic rings. The zero-order chi connectivity index (χ0) is 27.9. The number of nitrogens with one attached hydrogen (secondary N) is 2. The molecule has 0 fully saturated rings. The Kier molecular flexibility index (Phi) is 9.10. The average Bonchev–Trinajstić information content (AvgIpc) is 3.56. The lowest BCUT2D eigenvalue weighted by Gasteiger charge is -2.32. The number of benzene rings is 2. The number of aromatic nitrogens is 2. The third-order valence-corrected chi connectivity index (χ3v) is 6.50. The Hall–Kier alpha value is -4.03. The van der Waals surface area contributed by atoms with Crippen LogP contribution in [0.3, 0.4) is 0 Å². The molecule has 11 nitrogen and oxygen atoms in total. The van der Waals surface area contributed by atoms with Crippen molar-refractivity contribution in [2.24, 2.45) is 0 Å². The number of hydrogen-bond acceptors (Lipinski definition) is 9. The van der Waals surface area contributed by atoms with E-state index in [9.17, 15) is 9.59 Å². The van der Waals surface area contributed by atoms with Gasteiger partial charge in [0.1, 0.15) is 0 Å². The zero-order valence-corrected chi connectivity index (χ0v) is 22.7. The molecule has 2 heterocycles. The maximum atomic E-state index is 15.2. The van der Waals surface area contributed by atoms with Crippen molar-refractivity contribution in [3.63, 3.8) is 0 Å². The molecule has 0 bridgehead atoms. The van der Waals surface area contributed by atoms with Gasteiger partial charge in [0, 0.05) is 45.7 Å². The number of amides is 2. The fraction of sp³-hybridized carbons (Fsp3) is 0.407. The third-order valence-electron chi connectivity index (χ3n) is 6.50. The molecule has 12 heteroatoms. The van der Waals surface area contributed by atoms with E-state index in [0.29, 0.717) is 37.6 Å². The Morgan fingerprint density at radius 3 is 2.49 bits per heavy atom. The Labute approximate surface area is 226 Å². The predicted octanol–water partition coefficient (Wildman–Crippen LogP) is 2.11. The van der Waals surface area contributed by atoms with E-state index in [1.165, 1.54) is 18.1 Å². The largest absolute Gasteiger partial charge is 0.492 e. The molecule has 1 aliphatic rings. The van der Waals surface area contributed by atoms with Gasteiger partial charge in [-0.05, 0) is 29.8 Å². The number of fused-ring (bicyclic) bond motifs is 1. The minimum Gasteiger partial charge on any atom is -0.492 e. The van der Waals surface area contributed by atoms with Gasteiger partial charge in [0.25, 0.3) is 5.91 Å². The highest BCUT2D eigenvalue weighted by Gasteiger charge is 2.28. The van der Waals surface area contributed by atoms with Crippen LogP contribution in [0.2, 0.25) is 0 Å². The van der Waals surface area contributed by atoms with E-state index in [2.05, 4.69) is 20.8 Å². The number of rotatable bonds is 12. The second kappa shape index (κ2) is 12.7. The molecule has 2 N–H and O–H groups in total. The minimum atomic E-state index is -0.680. The number of halogens is 1. The number of ether oxygens (including phenoxy) is 1. The Morgan fingerprint density at radius 2 is 1.87 bits per heavy atom. The van der Waals surface area contributed by atoms with Crippen LogP contribution in [-0.4, -0.2) is 78.9 Å². The number of hydrazine groups is 1. The molecule has 0 atom stereocenters. The van der Waals surface area contributed by atoms with Gasteiger partial charge >= 0.3 is 0 Å². The lowest BCUT2D eigenvalue weighted by atomic mass is 10.1. The number of nitrogens with zero attached hydrogens (tertiary/aromatic N) is 5. The molecule has 208 valence electrons. The van der Waals surface area contributed by atoms with E-state index >= 15 is 4.39 Å². The van der Waals surface area contributed by atoms with Crippen LogP contribution in [0.25, 0.3) is 11.4 Å². The second-order valence-corrected chi connectivity index (χ2v) is 9.22. The van der Waals surface area contributed by atoms with E-state index in [1.807, 2.05) is 36.2 Å². The molecule has 0 spiro atoms. The first-order valence-electron chi connectivity index (χ1n) is 12.8. The fourth-order valence-corrected chi connectivity index (χ4v) is 4.43. The normalized spacial score (nSPS) is 12.7. The molecule has 0 saturated carbocycles. The van der Waals surface area contributed by atoms with Crippen molar-refractivity contribution in [2.45, 2.75) is 26.9 Å². The lowest BCUT2D eigenvalue weighted by Crippen LogP contribution is -2.48. The summed E-state index contributed by atoms with van der Waals surface area (Å²) in [4.78, 5) is 32.1. The Balaban J connectivity index is 1.60. The maximum Gasteiger partial charge on any atom is 0.256 e. The van der Waals surface area contributed by atoms with Gasteiger partial charge in [0.05, 0.1) is 25.9 Å². The molecule has 4 rings (SSSR count). The standard InChI is InChI=1S/C27H34FN7O4/c1-5-29-10-11-30-24(36)16-34(17-25(37)33(3)35-14-19-8-6-7-9-20(19)15-35)23-13-21(12-22(28)26(23)38-4)27-31-18(2)39-32-27/h6-9,12-13,29H,5,10-11,14-17H2,1-4H3,(H,30,36). The molecule has 2 aromatic carbocycles. The molecule has 1 aromatic heterocycles. The number of likely N-dealkylation sites (N-methyl/N-ethyl adjacent to an activating group) is 2. The van der Waals surface area contributed by atoms with Gasteiger partial charge in [-0.15, -0.1) is 0 Å². The average molecular weight is 540 g/mol. The van der Waals surface area contributed by atoms with Crippen LogP contribution in [0.4, 0.5) is 10.1 Å². The van der Waals surface area contributed by atoms with Crippen molar-refractivity contribution in [3.8, 4) is 17.1 Å². The van der Waals surface area contributed by atoms with Crippen molar-refractivity contribution in [2.75, 3.05) is 51.8 Å². The number of hydrogen-bond donors (Lipinski definition) is 2. The molecular formula is C27H34FN7O4. The summed E-state index contributed by atoms with van der Waals surface area (Å²) >= 11 is 0. The SMILES string of the molecule is CCNCCNC(=O)CN(CC(=O)N(C)N1Cc2ccccc2C1)c1cc(-c2noc(C)n2)cc(F)c1OC. The highest BCUT2D eigenvalue weighted by atomic mass is 19.1. The molecule has 1 aliphatic heterocycles. The highest BCUT2D eigenvalue weighted by molar-refractivity contribution is 5.88. The molecule has 2 amide bonds. The number of carbonyl (C=O) groups excluding carboxylic acids is 2. The van der Waals surface area contributed by atoms with Gasteiger partial charge in [0.15, 0.2) is 11.6 Å². The Bertz CT molecular complexity index is 1290. The molecule has 0 unspecified atom stereocenters. The van der Waals surface area contributed by atoms with E-state index in [0.717, 1.165) is 17.7 Å². The predicted molar refractivity (Wildman–Crippen MR) is 143 cm³/mol. The molecular weight excluding hydrogens is 505 g/mol. The highest BCUT2D eigenvalue weighted by Crippen LogP contribution is 2.36. The summed E-state index contributed by atoms with van der Waals surface area (Å²) in [7, 11) is 3.03.